The molecule has 5 aromatic carbocycles. The molecule has 1 aromatic heterocycles. The molecular formula is C41H37N. The number of benzene rings is 5. The van der Waals surface area contributed by atoms with Crippen LogP contribution in [0.1, 0.15) is 33.3 Å². The molecule has 0 spiro atoms. The monoisotopic (exact) mass is 543 g/mol. The molecule has 0 radical (unpaired) electrons. The van der Waals surface area contributed by atoms with Crippen LogP contribution in [0.2, 0.25) is 0 Å². The molecule has 0 amide bonds. The fourth-order valence-corrected chi connectivity index (χ4v) is 5.55. The van der Waals surface area contributed by atoms with Crippen LogP contribution >= 0.6 is 0 Å². The van der Waals surface area contributed by atoms with Crippen LogP contribution in [0.5, 0.6) is 0 Å². The van der Waals surface area contributed by atoms with Crippen LogP contribution in [-0.4, -0.2) is 4.98 Å². The van der Waals surface area contributed by atoms with Crippen molar-refractivity contribution >= 4 is 0 Å². The van der Waals surface area contributed by atoms with Gasteiger partial charge in [0.15, 0.2) is 0 Å². The van der Waals surface area contributed by atoms with Crippen LogP contribution in [0.25, 0.3) is 55.8 Å². The fraction of sp³-hybridized carbons (Fsp3) is 0.146. The number of rotatable bonds is 7. The first kappa shape index (κ1) is 27.4. The minimum absolute atomic E-state index is 0.00746. The van der Waals surface area contributed by atoms with E-state index in [0.29, 0.717) is 5.92 Å². The lowest BCUT2D eigenvalue weighted by Crippen LogP contribution is -2.25. The predicted octanol–water partition coefficient (Wildman–Crippen LogP) is 11.4. The SMILES string of the molecule is CC(C)C(C)(C)c1ccc(-c2ccccc2)cc1-c1ccc(-c2cccc(-c3cccc(-c4ccccc4)c3)c2)cn1. The summed E-state index contributed by atoms with van der Waals surface area (Å²) in [6.07, 6.45) is 2.02. The molecule has 0 aliphatic heterocycles. The van der Waals surface area contributed by atoms with Gasteiger partial charge in [-0.25, -0.2) is 0 Å². The highest BCUT2D eigenvalue weighted by Crippen LogP contribution is 2.40. The highest BCUT2D eigenvalue weighted by molar-refractivity contribution is 5.79. The molecular weight excluding hydrogens is 506 g/mol. The summed E-state index contributed by atoms with van der Waals surface area (Å²) in [5.74, 6) is 0.487. The number of pyridine rings is 1. The van der Waals surface area contributed by atoms with Gasteiger partial charge >= 0.3 is 0 Å². The largest absolute Gasteiger partial charge is 0.256 e. The van der Waals surface area contributed by atoms with Gasteiger partial charge in [0, 0.05) is 17.3 Å². The van der Waals surface area contributed by atoms with Crippen LogP contribution in [0.4, 0.5) is 0 Å². The Bertz CT molecular complexity index is 1800. The quantitative estimate of drug-likeness (QED) is 0.195. The topological polar surface area (TPSA) is 12.9 Å². The molecule has 6 rings (SSSR count). The Balaban J connectivity index is 1.36. The molecule has 0 saturated heterocycles. The van der Waals surface area contributed by atoms with Crippen molar-refractivity contribution < 1.29 is 0 Å². The predicted molar refractivity (Wildman–Crippen MR) is 179 cm³/mol. The van der Waals surface area contributed by atoms with Gasteiger partial charge in [-0.1, -0.05) is 143 Å². The van der Waals surface area contributed by atoms with Crippen LogP contribution in [-0.2, 0) is 5.41 Å². The molecule has 0 saturated carbocycles. The van der Waals surface area contributed by atoms with Crippen molar-refractivity contribution in [3.05, 3.63) is 151 Å². The fourth-order valence-electron chi connectivity index (χ4n) is 5.55. The second-order valence-corrected chi connectivity index (χ2v) is 12.0. The van der Waals surface area contributed by atoms with Gasteiger partial charge in [-0.2, -0.15) is 0 Å². The number of hydrogen-bond acceptors (Lipinski definition) is 1. The van der Waals surface area contributed by atoms with E-state index in [0.717, 1.165) is 16.8 Å². The Kier molecular flexibility index (Phi) is 7.59. The first-order valence-electron chi connectivity index (χ1n) is 14.8. The van der Waals surface area contributed by atoms with Crippen molar-refractivity contribution in [2.24, 2.45) is 5.92 Å². The molecule has 206 valence electrons. The van der Waals surface area contributed by atoms with Gasteiger partial charge < -0.3 is 0 Å². The number of aromatic nitrogens is 1. The lowest BCUT2D eigenvalue weighted by atomic mass is 9.72. The first-order valence-corrected chi connectivity index (χ1v) is 14.8. The zero-order valence-corrected chi connectivity index (χ0v) is 24.9. The highest BCUT2D eigenvalue weighted by atomic mass is 14.7. The summed E-state index contributed by atoms with van der Waals surface area (Å²) >= 11 is 0. The van der Waals surface area contributed by atoms with Crippen LogP contribution in [0.3, 0.4) is 0 Å². The third-order valence-corrected chi connectivity index (χ3v) is 8.80. The average Bonchev–Trinajstić information content (AvgIpc) is 3.05. The van der Waals surface area contributed by atoms with E-state index in [4.69, 9.17) is 4.98 Å². The molecule has 0 bridgehead atoms. The summed E-state index contributed by atoms with van der Waals surface area (Å²) < 4.78 is 0. The second kappa shape index (κ2) is 11.6. The standard InChI is InChI=1S/C41H37N/c1-29(2)41(3,4)39-23-21-36(31-15-9-6-10-16-31)27-38(39)40-24-22-37(28-42-40)35-20-12-19-34(26-35)33-18-11-17-32(25-33)30-13-7-5-8-14-30/h5-29H,1-4H3. The molecule has 0 unspecified atom stereocenters. The van der Waals surface area contributed by atoms with Gasteiger partial charge in [0.2, 0.25) is 0 Å². The summed E-state index contributed by atoms with van der Waals surface area (Å²) in [5, 5.41) is 0. The van der Waals surface area contributed by atoms with Crippen molar-refractivity contribution in [2.75, 3.05) is 0 Å². The molecule has 0 aliphatic rings. The van der Waals surface area contributed by atoms with E-state index in [1.54, 1.807) is 0 Å². The summed E-state index contributed by atoms with van der Waals surface area (Å²) in [4.78, 5) is 5.05. The molecule has 6 aromatic rings. The van der Waals surface area contributed by atoms with Crippen molar-refractivity contribution in [1.82, 2.24) is 4.98 Å². The van der Waals surface area contributed by atoms with Gasteiger partial charge in [0.1, 0.15) is 0 Å². The van der Waals surface area contributed by atoms with Gasteiger partial charge in [-0.05, 0) is 80.1 Å². The molecule has 0 aliphatic carbocycles. The summed E-state index contributed by atoms with van der Waals surface area (Å²) in [5.41, 5.74) is 13.1. The third kappa shape index (κ3) is 5.56. The number of nitrogens with zero attached hydrogens (tertiary/aromatic N) is 1. The zero-order chi connectivity index (χ0) is 29.1. The summed E-state index contributed by atoms with van der Waals surface area (Å²) in [6, 6.07) is 50.0. The zero-order valence-electron chi connectivity index (χ0n) is 24.9. The molecule has 1 nitrogen and oxygen atoms in total. The average molecular weight is 544 g/mol. The maximum Gasteiger partial charge on any atom is 0.0705 e. The van der Waals surface area contributed by atoms with Gasteiger partial charge in [0.05, 0.1) is 5.69 Å². The number of hydrogen-bond donors (Lipinski definition) is 0. The van der Waals surface area contributed by atoms with E-state index in [1.165, 1.54) is 44.5 Å². The minimum atomic E-state index is 0.00746. The lowest BCUT2D eigenvalue weighted by Gasteiger charge is -2.32. The molecule has 0 atom stereocenters. The molecule has 1 heterocycles. The van der Waals surface area contributed by atoms with Crippen molar-refractivity contribution in [2.45, 2.75) is 33.1 Å². The molecule has 0 N–H and O–H groups in total. The van der Waals surface area contributed by atoms with Gasteiger partial charge in [-0.3, -0.25) is 4.98 Å². The van der Waals surface area contributed by atoms with Crippen LogP contribution in [0.15, 0.2) is 146 Å². The van der Waals surface area contributed by atoms with Gasteiger partial charge in [-0.15, -0.1) is 0 Å². The second-order valence-electron chi connectivity index (χ2n) is 12.0. The van der Waals surface area contributed by atoms with E-state index >= 15 is 0 Å². The van der Waals surface area contributed by atoms with E-state index in [1.807, 2.05) is 6.20 Å². The summed E-state index contributed by atoms with van der Waals surface area (Å²) in [7, 11) is 0. The Hall–Kier alpha value is -4.75. The molecule has 42 heavy (non-hydrogen) atoms. The third-order valence-electron chi connectivity index (χ3n) is 8.80. The Labute approximate surface area is 250 Å². The Morgan fingerprint density at radius 2 is 0.905 bits per heavy atom. The normalized spacial score (nSPS) is 11.5. The minimum Gasteiger partial charge on any atom is -0.256 e. The van der Waals surface area contributed by atoms with Gasteiger partial charge in [0.25, 0.3) is 0 Å². The van der Waals surface area contributed by atoms with E-state index < -0.39 is 0 Å². The molecule has 0 fully saturated rings. The van der Waals surface area contributed by atoms with Crippen molar-refractivity contribution in [1.29, 1.82) is 0 Å². The Morgan fingerprint density at radius 1 is 0.452 bits per heavy atom. The maximum absolute atomic E-state index is 5.05. The first-order chi connectivity index (χ1) is 20.4. The van der Waals surface area contributed by atoms with E-state index in [2.05, 4.69) is 167 Å². The highest BCUT2D eigenvalue weighted by Gasteiger charge is 2.28. The van der Waals surface area contributed by atoms with Crippen LogP contribution in [0, 0.1) is 5.92 Å². The Morgan fingerprint density at radius 3 is 1.40 bits per heavy atom. The van der Waals surface area contributed by atoms with E-state index in [9.17, 15) is 0 Å². The lowest BCUT2D eigenvalue weighted by molar-refractivity contribution is 0.373. The molecule has 1 heteroatoms. The van der Waals surface area contributed by atoms with Crippen molar-refractivity contribution in [3.63, 3.8) is 0 Å². The van der Waals surface area contributed by atoms with Crippen molar-refractivity contribution in [3.8, 4) is 55.8 Å². The van der Waals surface area contributed by atoms with E-state index in [-0.39, 0.29) is 5.41 Å². The van der Waals surface area contributed by atoms with Crippen LogP contribution < -0.4 is 0 Å². The maximum atomic E-state index is 5.05. The smallest absolute Gasteiger partial charge is 0.0705 e. The summed E-state index contributed by atoms with van der Waals surface area (Å²) in [6.45, 7) is 9.28.